The van der Waals surface area contributed by atoms with Crippen LogP contribution in [-0.2, 0) is 17.9 Å². The van der Waals surface area contributed by atoms with Crippen molar-refractivity contribution in [2.75, 3.05) is 0 Å². The summed E-state index contributed by atoms with van der Waals surface area (Å²) in [5.41, 5.74) is -1.17. The van der Waals surface area contributed by atoms with Crippen molar-refractivity contribution < 1.29 is 37.3 Å². The number of halogens is 4. The molecule has 18 heavy (non-hydrogen) atoms. The smallest absolute Gasteiger partial charge is 0.503 e. The standard InChI is InChI=1S/C9H7F4NO4/c10-2-4-3-14-5(1-6(15)16)7(17)8(4)18-9(11,12)13/h3,17H,1-2H2,(H,15,16). The van der Waals surface area contributed by atoms with Gasteiger partial charge in [0.25, 0.3) is 0 Å². The van der Waals surface area contributed by atoms with Crippen molar-refractivity contribution in [3.05, 3.63) is 17.5 Å². The van der Waals surface area contributed by atoms with E-state index in [0.29, 0.717) is 6.20 Å². The average Bonchev–Trinajstić information content (AvgIpc) is 2.22. The fraction of sp³-hybridized carbons (Fsp3) is 0.333. The lowest BCUT2D eigenvalue weighted by molar-refractivity contribution is -0.275. The highest BCUT2D eigenvalue weighted by atomic mass is 19.4. The van der Waals surface area contributed by atoms with Crippen LogP contribution < -0.4 is 4.74 Å². The molecule has 100 valence electrons. The topological polar surface area (TPSA) is 79.7 Å². The van der Waals surface area contributed by atoms with E-state index in [1.165, 1.54) is 0 Å². The van der Waals surface area contributed by atoms with Gasteiger partial charge in [-0.25, -0.2) is 4.39 Å². The maximum Gasteiger partial charge on any atom is 0.573 e. The van der Waals surface area contributed by atoms with E-state index in [-0.39, 0.29) is 0 Å². The first-order valence-electron chi connectivity index (χ1n) is 4.47. The highest BCUT2D eigenvalue weighted by molar-refractivity contribution is 5.71. The Bertz CT molecular complexity index is 461. The lowest BCUT2D eigenvalue weighted by atomic mass is 10.2. The number of pyridine rings is 1. The lowest BCUT2D eigenvalue weighted by Crippen LogP contribution is -2.19. The van der Waals surface area contributed by atoms with Gasteiger partial charge >= 0.3 is 12.3 Å². The summed E-state index contributed by atoms with van der Waals surface area (Å²) in [6.07, 6.45) is -5.27. The van der Waals surface area contributed by atoms with Gasteiger partial charge in [-0.05, 0) is 0 Å². The van der Waals surface area contributed by atoms with E-state index in [0.717, 1.165) is 0 Å². The summed E-state index contributed by atoms with van der Waals surface area (Å²) in [5.74, 6) is -3.72. The van der Waals surface area contributed by atoms with Gasteiger partial charge in [0.05, 0.1) is 12.1 Å². The molecule has 0 atom stereocenters. The van der Waals surface area contributed by atoms with Crippen LogP contribution in [0.15, 0.2) is 6.20 Å². The van der Waals surface area contributed by atoms with Crippen molar-refractivity contribution >= 4 is 5.97 Å². The zero-order valence-corrected chi connectivity index (χ0v) is 8.66. The molecule has 0 aliphatic rings. The monoisotopic (exact) mass is 269 g/mol. The molecule has 0 saturated heterocycles. The first-order chi connectivity index (χ1) is 8.24. The number of nitrogens with zero attached hydrogens (tertiary/aromatic N) is 1. The number of aromatic nitrogens is 1. The predicted octanol–water partition coefficient (Wildman–Crippen LogP) is 1.78. The van der Waals surface area contributed by atoms with Gasteiger partial charge in [-0.2, -0.15) is 0 Å². The zero-order valence-electron chi connectivity index (χ0n) is 8.66. The Balaban J connectivity index is 3.22. The third-order valence-corrected chi connectivity index (χ3v) is 1.84. The number of aromatic hydroxyl groups is 1. The molecule has 0 saturated carbocycles. The fourth-order valence-corrected chi connectivity index (χ4v) is 1.16. The van der Waals surface area contributed by atoms with Gasteiger partial charge in [-0.3, -0.25) is 9.78 Å². The van der Waals surface area contributed by atoms with Crippen LogP contribution in [0.5, 0.6) is 11.5 Å². The van der Waals surface area contributed by atoms with Crippen LogP contribution in [0.3, 0.4) is 0 Å². The Hall–Kier alpha value is -2.06. The fourth-order valence-electron chi connectivity index (χ4n) is 1.16. The Kier molecular flexibility index (Phi) is 3.94. The van der Waals surface area contributed by atoms with Crippen LogP contribution in [0, 0.1) is 0 Å². The highest BCUT2D eigenvalue weighted by Crippen LogP contribution is 2.37. The number of rotatable bonds is 4. The minimum Gasteiger partial charge on any atom is -0.503 e. The normalized spacial score (nSPS) is 11.3. The average molecular weight is 269 g/mol. The molecule has 1 rings (SSSR count). The van der Waals surface area contributed by atoms with Crippen molar-refractivity contribution in [3.8, 4) is 11.5 Å². The molecular weight excluding hydrogens is 262 g/mol. The molecule has 0 unspecified atom stereocenters. The Morgan fingerprint density at radius 3 is 2.50 bits per heavy atom. The van der Waals surface area contributed by atoms with E-state index in [4.69, 9.17) is 5.11 Å². The summed E-state index contributed by atoms with van der Waals surface area (Å²) in [4.78, 5) is 13.7. The molecule has 0 fully saturated rings. The largest absolute Gasteiger partial charge is 0.573 e. The lowest BCUT2D eigenvalue weighted by Gasteiger charge is -2.14. The Morgan fingerprint density at radius 1 is 1.44 bits per heavy atom. The third-order valence-electron chi connectivity index (χ3n) is 1.84. The molecular formula is C9H7F4NO4. The van der Waals surface area contributed by atoms with Crippen LogP contribution in [0.4, 0.5) is 17.6 Å². The van der Waals surface area contributed by atoms with Crippen LogP contribution in [0.25, 0.3) is 0 Å². The summed E-state index contributed by atoms with van der Waals surface area (Å²) >= 11 is 0. The van der Waals surface area contributed by atoms with E-state index in [1.54, 1.807) is 0 Å². The van der Waals surface area contributed by atoms with Gasteiger partial charge in [0.1, 0.15) is 6.67 Å². The first-order valence-corrected chi connectivity index (χ1v) is 4.47. The number of alkyl halides is 4. The second-order valence-corrected chi connectivity index (χ2v) is 3.16. The Labute approximate surface area is 97.6 Å². The van der Waals surface area contributed by atoms with Crippen molar-refractivity contribution in [3.63, 3.8) is 0 Å². The van der Waals surface area contributed by atoms with Crippen molar-refractivity contribution in [2.45, 2.75) is 19.5 Å². The summed E-state index contributed by atoms with van der Waals surface area (Å²) < 4.78 is 52.0. The number of hydrogen-bond acceptors (Lipinski definition) is 4. The third kappa shape index (κ3) is 3.47. The first kappa shape index (κ1) is 14.0. The molecule has 0 amide bonds. The second-order valence-electron chi connectivity index (χ2n) is 3.16. The van der Waals surface area contributed by atoms with Gasteiger partial charge in [-0.15, -0.1) is 13.2 Å². The van der Waals surface area contributed by atoms with Gasteiger partial charge < -0.3 is 14.9 Å². The summed E-state index contributed by atoms with van der Waals surface area (Å²) in [5, 5.41) is 17.8. The van der Waals surface area contributed by atoms with E-state index in [2.05, 4.69) is 9.72 Å². The molecule has 9 heteroatoms. The molecule has 5 nitrogen and oxygen atoms in total. The molecule has 0 radical (unpaired) electrons. The molecule has 0 aliphatic carbocycles. The molecule has 1 aromatic rings. The van der Waals surface area contributed by atoms with Crippen molar-refractivity contribution in [1.82, 2.24) is 4.98 Å². The maximum atomic E-state index is 12.4. The van der Waals surface area contributed by atoms with Crippen molar-refractivity contribution in [2.24, 2.45) is 0 Å². The Morgan fingerprint density at radius 2 is 2.06 bits per heavy atom. The summed E-state index contributed by atoms with van der Waals surface area (Å²) in [6, 6.07) is 0. The van der Waals surface area contributed by atoms with Crippen LogP contribution >= 0.6 is 0 Å². The van der Waals surface area contributed by atoms with E-state index < -0.39 is 48.2 Å². The van der Waals surface area contributed by atoms with Crippen LogP contribution in [0.2, 0.25) is 0 Å². The zero-order chi connectivity index (χ0) is 13.9. The highest BCUT2D eigenvalue weighted by Gasteiger charge is 2.34. The molecule has 1 aromatic heterocycles. The maximum absolute atomic E-state index is 12.4. The minimum absolute atomic E-state index is 0.543. The number of aliphatic carboxylic acids is 1. The predicted molar refractivity (Wildman–Crippen MR) is 48.7 cm³/mol. The molecule has 0 spiro atoms. The molecule has 0 bridgehead atoms. The molecule has 0 aliphatic heterocycles. The molecule has 1 heterocycles. The number of carbonyl (C=O) groups is 1. The van der Waals surface area contributed by atoms with Crippen LogP contribution in [0.1, 0.15) is 11.3 Å². The van der Waals surface area contributed by atoms with Crippen molar-refractivity contribution in [1.29, 1.82) is 0 Å². The SMILES string of the molecule is O=C(O)Cc1ncc(CF)c(OC(F)(F)F)c1O. The molecule has 0 aromatic carbocycles. The van der Waals surface area contributed by atoms with Gasteiger partial charge in [0.2, 0.25) is 0 Å². The van der Waals surface area contributed by atoms with E-state index >= 15 is 0 Å². The van der Waals surface area contributed by atoms with E-state index in [9.17, 15) is 27.5 Å². The second kappa shape index (κ2) is 5.07. The van der Waals surface area contributed by atoms with Gasteiger partial charge in [0, 0.05) is 11.8 Å². The molecule has 2 N–H and O–H groups in total. The number of ether oxygens (including phenoxy) is 1. The summed E-state index contributed by atoms with van der Waals surface area (Å²) in [6.45, 7) is -1.35. The van der Waals surface area contributed by atoms with Gasteiger partial charge in [-0.1, -0.05) is 0 Å². The summed E-state index contributed by atoms with van der Waals surface area (Å²) in [7, 11) is 0. The number of carboxylic acids is 1. The van der Waals surface area contributed by atoms with Gasteiger partial charge in [0.15, 0.2) is 11.5 Å². The van der Waals surface area contributed by atoms with Crippen LogP contribution in [-0.4, -0.2) is 27.5 Å². The number of hydrogen-bond donors (Lipinski definition) is 2. The van der Waals surface area contributed by atoms with E-state index in [1.807, 2.05) is 0 Å². The minimum atomic E-state index is -5.14. The quantitative estimate of drug-likeness (QED) is 0.814. The number of carboxylic acid groups (broad SMARTS) is 1.